The third-order valence-corrected chi connectivity index (χ3v) is 7.47. The number of pyridine rings is 1. The zero-order valence-electron chi connectivity index (χ0n) is 18.0. The molecule has 5 rings (SSSR count). The lowest BCUT2D eigenvalue weighted by atomic mass is 9.84. The Balaban J connectivity index is 1.10. The number of nitrogens with zero attached hydrogens (tertiary/aromatic N) is 4. The number of carbonyl (C=O) groups excluding carboxylic acids is 1. The van der Waals surface area contributed by atoms with Crippen molar-refractivity contribution in [2.75, 3.05) is 44.2 Å². The lowest BCUT2D eigenvalue weighted by Gasteiger charge is -2.48. The Labute approximate surface area is 190 Å². The van der Waals surface area contributed by atoms with E-state index < -0.39 is 0 Å². The first-order valence-corrected chi connectivity index (χ1v) is 12.0. The van der Waals surface area contributed by atoms with E-state index in [0.717, 1.165) is 50.6 Å². The van der Waals surface area contributed by atoms with Gasteiger partial charge in [0.15, 0.2) is 0 Å². The number of benzene rings is 1. The van der Waals surface area contributed by atoms with Crippen molar-refractivity contribution in [2.45, 2.75) is 44.1 Å². The molecular formula is C25H31ClN4O. The lowest BCUT2D eigenvalue weighted by molar-refractivity contribution is 0.0246. The molecule has 3 heterocycles. The fourth-order valence-corrected chi connectivity index (χ4v) is 5.35. The second-order valence-electron chi connectivity index (χ2n) is 9.18. The fraction of sp³-hybridized carbons (Fsp3) is 0.520. The summed E-state index contributed by atoms with van der Waals surface area (Å²) in [6, 6.07) is 12.8. The summed E-state index contributed by atoms with van der Waals surface area (Å²) in [4.78, 5) is 24.1. The molecule has 0 radical (unpaired) electrons. The number of carbonyl (C=O) groups is 1. The van der Waals surface area contributed by atoms with Gasteiger partial charge in [-0.05, 0) is 48.6 Å². The fourth-order valence-electron chi connectivity index (χ4n) is 5.24. The van der Waals surface area contributed by atoms with Gasteiger partial charge < -0.3 is 9.80 Å². The van der Waals surface area contributed by atoms with E-state index in [0.29, 0.717) is 17.0 Å². The highest BCUT2D eigenvalue weighted by Gasteiger charge is 2.36. The van der Waals surface area contributed by atoms with Gasteiger partial charge in [-0.15, -0.1) is 0 Å². The average Bonchev–Trinajstić information content (AvgIpc) is 2.80. The van der Waals surface area contributed by atoms with E-state index in [9.17, 15) is 4.79 Å². The van der Waals surface area contributed by atoms with E-state index in [1.807, 2.05) is 29.2 Å². The number of hydrogen-bond donors (Lipinski definition) is 0. The van der Waals surface area contributed by atoms with Crippen LogP contribution in [0, 0.1) is 0 Å². The van der Waals surface area contributed by atoms with Crippen LogP contribution in [0.1, 0.15) is 53.9 Å². The van der Waals surface area contributed by atoms with Crippen molar-refractivity contribution in [2.24, 2.45) is 0 Å². The van der Waals surface area contributed by atoms with Crippen LogP contribution in [0.15, 0.2) is 42.6 Å². The quantitative estimate of drug-likeness (QED) is 0.708. The van der Waals surface area contributed by atoms with E-state index >= 15 is 0 Å². The minimum atomic E-state index is 0.176. The molecule has 164 valence electrons. The first-order valence-electron chi connectivity index (χ1n) is 11.7. The van der Waals surface area contributed by atoms with Crippen LogP contribution in [0.2, 0.25) is 5.02 Å². The standard InChI is InChI=1S/C25H31ClN4O/c26-22-10-11-24(27-16-22)29-14-12-28(13-15-29)23-17-30(18-23)25(31)21-8-6-20(7-9-21)19-4-2-1-3-5-19/h6-11,16,19,23H,1-5,12-15,17-18H2. The number of amides is 1. The van der Waals surface area contributed by atoms with Crippen molar-refractivity contribution < 1.29 is 4.79 Å². The number of aromatic nitrogens is 1. The summed E-state index contributed by atoms with van der Waals surface area (Å²) in [7, 11) is 0. The molecule has 0 atom stereocenters. The van der Waals surface area contributed by atoms with Crippen LogP contribution in [-0.2, 0) is 0 Å². The molecule has 31 heavy (non-hydrogen) atoms. The van der Waals surface area contributed by atoms with Gasteiger partial charge in [0.1, 0.15) is 5.82 Å². The summed E-state index contributed by atoms with van der Waals surface area (Å²) in [6.45, 7) is 5.61. The first kappa shape index (κ1) is 20.8. The van der Waals surface area contributed by atoms with Gasteiger partial charge in [-0.1, -0.05) is 43.0 Å². The van der Waals surface area contributed by atoms with Gasteiger partial charge in [-0.2, -0.15) is 0 Å². The third-order valence-electron chi connectivity index (χ3n) is 7.25. The molecule has 2 aliphatic heterocycles. The highest BCUT2D eigenvalue weighted by Crippen LogP contribution is 2.32. The molecule has 0 unspecified atom stereocenters. The van der Waals surface area contributed by atoms with E-state index in [4.69, 9.17) is 11.6 Å². The third kappa shape index (κ3) is 4.58. The van der Waals surface area contributed by atoms with Gasteiger partial charge in [0, 0.05) is 57.1 Å². The van der Waals surface area contributed by atoms with E-state index in [-0.39, 0.29) is 5.91 Å². The molecule has 2 aromatic rings. The van der Waals surface area contributed by atoms with E-state index in [1.165, 1.54) is 37.7 Å². The summed E-state index contributed by atoms with van der Waals surface area (Å²) in [5, 5.41) is 0.672. The lowest BCUT2D eigenvalue weighted by Crippen LogP contribution is -2.64. The molecule has 0 N–H and O–H groups in total. The smallest absolute Gasteiger partial charge is 0.253 e. The van der Waals surface area contributed by atoms with Crippen LogP contribution >= 0.6 is 11.6 Å². The molecule has 1 saturated carbocycles. The van der Waals surface area contributed by atoms with Gasteiger partial charge in [0.25, 0.3) is 5.91 Å². The molecule has 1 aromatic carbocycles. The van der Waals surface area contributed by atoms with E-state index in [2.05, 4.69) is 26.9 Å². The Hall–Kier alpha value is -2.11. The molecule has 1 amide bonds. The van der Waals surface area contributed by atoms with Gasteiger partial charge in [0.05, 0.1) is 5.02 Å². The maximum Gasteiger partial charge on any atom is 0.253 e. The second kappa shape index (κ2) is 9.17. The van der Waals surface area contributed by atoms with Gasteiger partial charge in [-0.25, -0.2) is 4.98 Å². The van der Waals surface area contributed by atoms with Gasteiger partial charge in [-0.3, -0.25) is 9.69 Å². The summed E-state index contributed by atoms with van der Waals surface area (Å²) in [6.07, 6.45) is 8.34. The maximum atomic E-state index is 12.9. The van der Waals surface area contributed by atoms with E-state index in [1.54, 1.807) is 6.20 Å². The van der Waals surface area contributed by atoms with Crippen molar-refractivity contribution in [3.63, 3.8) is 0 Å². The summed E-state index contributed by atoms with van der Waals surface area (Å²) in [5.74, 6) is 1.86. The summed E-state index contributed by atoms with van der Waals surface area (Å²) in [5.41, 5.74) is 2.24. The number of rotatable bonds is 4. The molecule has 0 spiro atoms. The highest BCUT2D eigenvalue weighted by atomic mass is 35.5. The Morgan fingerprint density at radius 3 is 2.26 bits per heavy atom. The molecule has 3 aliphatic rings. The SMILES string of the molecule is O=C(c1ccc(C2CCCCC2)cc1)N1CC(N2CCN(c3ccc(Cl)cn3)CC2)C1. The van der Waals surface area contributed by atoms with Gasteiger partial charge >= 0.3 is 0 Å². The molecule has 1 aromatic heterocycles. The highest BCUT2D eigenvalue weighted by molar-refractivity contribution is 6.30. The van der Waals surface area contributed by atoms with Crippen LogP contribution < -0.4 is 4.90 Å². The Kier molecular flexibility index (Phi) is 6.15. The Morgan fingerprint density at radius 2 is 1.61 bits per heavy atom. The predicted octanol–water partition coefficient (Wildman–Crippen LogP) is 4.43. The van der Waals surface area contributed by atoms with Crippen LogP contribution in [0.3, 0.4) is 0 Å². The molecule has 2 saturated heterocycles. The number of likely N-dealkylation sites (tertiary alicyclic amines) is 1. The first-order chi connectivity index (χ1) is 15.2. The second-order valence-corrected chi connectivity index (χ2v) is 9.61. The normalized spacial score (nSPS) is 21.2. The minimum Gasteiger partial charge on any atom is -0.354 e. The molecule has 6 heteroatoms. The average molecular weight is 439 g/mol. The number of anilines is 1. The van der Waals surface area contributed by atoms with Crippen molar-refractivity contribution in [1.29, 1.82) is 0 Å². The molecule has 3 fully saturated rings. The van der Waals surface area contributed by atoms with Crippen molar-refractivity contribution in [3.05, 3.63) is 58.7 Å². The molecule has 1 aliphatic carbocycles. The van der Waals surface area contributed by atoms with Crippen LogP contribution in [-0.4, -0.2) is 66.0 Å². The summed E-state index contributed by atoms with van der Waals surface area (Å²) >= 11 is 5.95. The molecular weight excluding hydrogens is 408 g/mol. The van der Waals surface area contributed by atoms with Crippen LogP contribution in [0.5, 0.6) is 0 Å². The summed E-state index contributed by atoms with van der Waals surface area (Å²) < 4.78 is 0. The molecule has 5 nitrogen and oxygen atoms in total. The monoisotopic (exact) mass is 438 g/mol. The van der Waals surface area contributed by atoms with Crippen LogP contribution in [0.25, 0.3) is 0 Å². The molecule has 0 bridgehead atoms. The number of halogens is 1. The van der Waals surface area contributed by atoms with Crippen molar-refractivity contribution >= 4 is 23.3 Å². The topological polar surface area (TPSA) is 39.7 Å². The maximum absolute atomic E-state index is 12.9. The minimum absolute atomic E-state index is 0.176. The van der Waals surface area contributed by atoms with Crippen molar-refractivity contribution in [1.82, 2.24) is 14.8 Å². The largest absolute Gasteiger partial charge is 0.354 e. The van der Waals surface area contributed by atoms with Gasteiger partial charge in [0.2, 0.25) is 0 Å². The Bertz CT molecular complexity index is 881. The zero-order valence-corrected chi connectivity index (χ0v) is 18.8. The zero-order chi connectivity index (χ0) is 21.2. The predicted molar refractivity (Wildman–Crippen MR) is 125 cm³/mol. The number of piperazine rings is 1. The van der Waals surface area contributed by atoms with Crippen LogP contribution in [0.4, 0.5) is 5.82 Å². The van der Waals surface area contributed by atoms with Crippen molar-refractivity contribution in [3.8, 4) is 0 Å². The number of hydrogen-bond acceptors (Lipinski definition) is 4. The Morgan fingerprint density at radius 1 is 0.903 bits per heavy atom.